The lowest BCUT2D eigenvalue weighted by Crippen LogP contribution is -2.49. The van der Waals surface area contributed by atoms with Crippen LogP contribution in [0, 0.1) is 0 Å². The minimum absolute atomic E-state index is 0.0860. The molecule has 8 heteroatoms. The molecule has 2 atom stereocenters. The van der Waals surface area contributed by atoms with Crippen molar-refractivity contribution in [2.75, 3.05) is 13.2 Å². The van der Waals surface area contributed by atoms with E-state index in [4.69, 9.17) is 9.47 Å². The van der Waals surface area contributed by atoms with E-state index in [2.05, 4.69) is 20.5 Å². The summed E-state index contributed by atoms with van der Waals surface area (Å²) >= 11 is 1.54. The number of ether oxygens (including phenoxy) is 2. The highest BCUT2D eigenvalue weighted by molar-refractivity contribution is 7.07. The summed E-state index contributed by atoms with van der Waals surface area (Å²) in [5.41, 5.74) is 5.19. The molecule has 1 saturated heterocycles. The second kappa shape index (κ2) is 8.43. The molecule has 0 radical (unpaired) electrons. The SMILES string of the molecule is O=C(NC1CCOCC1OCc1cscn1)c1ccc(-c2ccn[nH]2)cc1. The molecule has 0 saturated carbocycles. The van der Waals surface area contributed by atoms with Crippen LogP contribution in [0.2, 0.25) is 0 Å². The Morgan fingerprint density at radius 3 is 2.96 bits per heavy atom. The second-order valence-electron chi connectivity index (χ2n) is 6.32. The molecule has 140 valence electrons. The van der Waals surface area contributed by atoms with Crippen LogP contribution in [0.1, 0.15) is 22.5 Å². The average molecular weight is 384 g/mol. The summed E-state index contributed by atoms with van der Waals surface area (Å²) < 4.78 is 11.5. The lowest BCUT2D eigenvalue weighted by Gasteiger charge is -2.32. The van der Waals surface area contributed by atoms with Gasteiger partial charge in [-0.05, 0) is 30.2 Å². The third-order valence-electron chi connectivity index (χ3n) is 4.51. The molecule has 2 aromatic heterocycles. The predicted molar refractivity (Wildman–Crippen MR) is 101 cm³/mol. The van der Waals surface area contributed by atoms with Crippen molar-refractivity contribution in [2.45, 2.75) is 25.2 Å². The zero-order chi connectivity index (χ0) is 18.5. The van der Waals surface area contributed by atoms with Crippen molar-refractivity contribution in [3.8, 4) is 11.3 Å². The molecule has 2 N–H and O–H groups in total. The smallest absolute Gasteiger partial charge is 0.251 e. The van der Waals surface area contributed by atoms with Crippen molar-refractivity contribution in [2.24, 2.45) is 0 Å². The van der Waals surface area contributed by atoms with E-state index in [0.717, 1.165) is 23.4 Å². The number of hydrogen-bond donors (Lipinski definition) is 2. The minimum atomic E-state index is -0.186. The van der Waals surface area contributed by atoms with E-state index in [0.29, 0.717) is 25.4 Å². The Balaban J connectivity index is 1.38. The maximum Gasteiger partial charge on any atom is 0.251 e. The Morgan fingerprint density at radius 1 is 1.33 bits per heavy atom. The summed E-state index contributed by atoms with van der Waals surface area (Å²) in [5.74, 6) is -0.111. The van der Waals surface area contributed by atoms with E-state index in [1.807, 2.05) is 35.7 Å². The van der Waals surface area contributed by atoms with Gasteiger partial charge < -0.3 is 14.8 Å². The van der Waals surface area contributed by atoms with Gasteiger partial charge in [0.2, 0.25) is 0 Å². The quantitative estimate of drug-likeness (QED) is 0.682. The van der Waals surface area contributed by atoms with Gasteiger partial charge in [-0.25, -0.2) is 4.98 Å². The lowest BCUT2D eigenvalue weighted by atomic mass is 10.0. The van der Waals surface area contributed by atoms with Crippen LogP contribution in [-0.4, -0.2) is 46.4 Å². The fourth-order valence-electron chi connectivity index (χ4n) is 3.01. The minimum Gasteiger partial charge on any atom is -0.379 e. The normalized spacial score (nSPS) is 19.7. The van der Waals surface area contributed by atoms with Crippen molar-refractivity contribution >= 4 is 17.2 Å². The van der Waals surface area contributed by atoms with Crippen molar-refractivity contribution in [3.05, 3.63) is 58.7 Å². The number of nitrogens with one attached hydrogen (secondary N) is 2. The number of carbonyl (C=O) groups excluding carboxylic acids is 1. The van der Waals surface area contributed by atoms with Gasteiger partial charge in [-0.3, -0.25) is 9.89 Å². The number of benzene rings is 1. The summed E-state index contributed by atoms with van der Waals surface area (Å²) in [5, 5.41) is 11.9. The van der Waals surface area contributed by atoms with Gasteiger partial charge in [0.25, 0.3) is 5.91 Å². The van der Waals surface area contributed by atoms with Crippen LogP contribution in [0.25, 0.3) is 11.3 Å². The summed E-state index contributed by atoms with van der Waals surface area (Å²) in [4.78, 5) is 16.9. The van der Waals surface area contributed by atoms with E-state index in [1.54, 1.807) is 11.7 Å². The first-order chi connectivity index (χ1) is 13.3. The van der Waals surface area contributed by atoms with Crippen molar-refractivity contribution < 1.29 is 14.3 Å². The molecule has 3 aromatic rings. The zero-order valence-corrected chi connectivity index (χ0v) is 15.4. The monoisotopic (exact) mass is 384 g/mol. The molecule has 2 unspecified atom stereocenters. The number of aromatic amines is 1. The molecule has 7 nitrogen and oxygen atoms in total. The van der Waals surface area contributed by atoms with E-state index in [-0.39, 0.29) is 18.1 Å². The highest BCUT2D eigenvalue weighted by Crippen LogP contribution is 2.18. The van der Waals surface area contributed by atoms with Gasteiger partial charge in [0, 0.05) is 23.7 Å². The molecular weight excluding hydrogens is 364 g/mol. The standard InChI is InChI=1S/C19H20N4O3S/c24-19(14-3-1-13(2-4-14)16-5-7-21-23-16)22-17-6-8-25-10-18(17)26-9-15-11-27-12-20-15/h1-5,7,11-12,17-18H,6,8-10H2,(H,21,23)(H,22,24). The van der Waals surface area contributed by atoms with Crippen molar-refractivity contribution in [1.29, 1.82) is 0 Å². The molecule has 1 amide bonds. The van der Waals surface area contributed by atoms with Crippen LogP contribution in [0.5, 0.6) is 0 Å². The Hall–Kier alpha value is -2.55. The highest BCUT2D eigenvalue weighted by atomic mass is 32.1. The van der Waals surface area contributed by atoms with Crippen LogP contribution < -0.4 is 5.32 Å². The zero-order valence-electron chi connectivity index (χ0n) is 14.6. The van der Waals surface area contributed by atoms with Crippen LogP contribution in [-0.2, 0) is 16.1 Å². The molecule has 1 aromatic carbocycles. The fraction of sp³-hybridized carbons (Fsp3) is 0.316. The summed E-state index contributed by atoms with van der Waals surface area (Å²) in [6, 6.07) is 9.25. The van der Waals surface area contributed by atoms with Gasteiger partial charge in [-0.2, -0.15) is 5.10 Å². The number of carbonyl (C=O) groups is 1. The Bertz CT molecular complexity index is 850. The number of nitrogens with zero attached hydrogens (tertiary/aromatic N) is 2. The number of H-pyrrole nitrogens is 1. The van der Waals surface area contributed by atoms with E-state index >= 15 is 0 Å². The maximum absolute atomic E-state index is 12.7. The number of hydrogen-bond acceptors (Lipinski definition) is 6. The van der Waals surface area contributed by atoms with E-state index < -0.39 is 0 Å². The molecule has 1 aliphatic rings. The van der Waals surface area contributed by atoms with Gasteiger partial charge in [0.1, 0.15) is 6.10 Å². The van der Waals surface area contributed by atoms with Crippen molar-refractivity contribution in [1.82, 2.24) is 20.5 Å². The molecular formula is C19H20N4O3S. The highest BCUT2D eigenvalue weighted by Gasteiger charge is 2.28. The number of thiazole rings is 1. The Labute approximate surface area is 160 Å². The largest absolute Gasteiger partial charge is 0.379 e. The number of amides is 1. The molecule has 0 spiro atoms. The van der Waals surface area contributed by atoms with E-state index in [1.165, 1.54) is 11.3 Å². The van der Waals surface area contributed by atoms with Gasteiger partial charge in [0.05, 0.1) is 36.2 Å². The van der Waals surface area contributed by atoms with Gasteiger partial charge in [-0.15, -0.1) is 11.3 Å². The third kappa shape index (κ3) is 4.41. The number of rotatable bonds is 6. The summed E-state index contributed by atoms with van der Waals surface area (Å²) in [6.45, 7) is 1.50. The van der Waals surface area contributed by atoms with Gasteiger partial charge in [-0.1, -0.05) is 12.1 Å². The summed E-state index contributed by atoms with van der Waals surface area (Å²) in [6.07, 6.45) is 2.24. The predicted octanol–water partition coefficient (Wildman–Crippen LogP) is 2.64. The molecule has 1 fully saturated rings. The molecule has 1 aliphatic heterocycles. The summed E-state index contributed by atoms with van der Waals surface area (Å²) in [7, 11) is 0. The molecule has 4 rings (SSSR count). The Morgan fingerprint density at radius 2 is 2.22 bits per heavy atom. The molecule has 3 heterocycles. The molecule has 27 heavy (non-hydrogen) atoms. The topological polar surface area (TPSA) is 89.1 Å². The van der Waals surface area contributed by atoms with Crippen LogP contribution in [0.4, 0.5) is 0 Å². The van der Waals surface area contributed by atoms with Gasteiger partial charge in [0.15, 0.2) is 0 Å². The third-order valence-corrected chi connectivity index (χ3v) is 5.14. The molecule has 0 aliphatic carbocycles. The van der Waals surface area contributed by atoms with Crippen molar-refractivity contribution in [3.63, 3.8) is 0 Å². The lowest BCUT2D eigenvalue weighted by molar-refractivity contribution is -0.0742. The van der Waals surface area contributed by atoms with Crippen LogP contribution in [0.15, 0.2) is 47.4 Å². The average Bonchev–Trinajstić information content (AvgIpc) is 3.41. The first-order valence-electron chi connectivity index (χ1n) is 8.76. The first-order valence-corrected chi connectivity index (χ1v) is 9.71. The maximum atomic E-state index is 12.7. The van der Waals surface area contributed by atoms with Crippen LogP contribution in [0.3, 0.4) is 0 Å². The second-order valence-corrected chi connectivity index (χ2v) is 7.04. The molecule has 0 bridgehead atoms. The Kier molecular flexibility index (Phi) is 5.57. The van der Waals surface area contributed by atoms with Gasteiger partial charge >= 0.3 is 0 Å². The van der Waals surface area contributed by atoms with E-state index in [9.17, 15) is 4.79 Å². The van der Waals surface area contributed by atoms with Crippen LogP contribution >= 0.6 is 11.3 Å². The fourth-order valence-corrected chi connectivity index (χ4v) is 3.56. The number of aromatic nitrogens is 3. The first kappa shape index (κ1) is 17.8.